The predicted molar refractivity (Wildman–Crippen MR) is 57.6 cm³/mol. The van der Waals surface area contributed by atoms with Gasteiger partial charge in [0.2, 0.25) is 11.8 Å². The topological polar surface area (TPSA) is 43.4 Å². The molecule has 4 heteroatoms. The fourth-order valence-electron chi connectivity index (χ4n) is 1.88. The number of nitrogens with one attached hydrogen (secondary N) is 1. The maximum atomic E-state index is 5.15. The van der Waals surface area contributed by atoms with Crippen LogP contribution in [0.1, 0.15) is 17.9 Å². The molecule has 1 aliphatic heterocycles. The molecular weight excluding hydrogens is 192 g/mol. The maximum Gasteiger partial charge on any atom is 0.216 e. The van der Waals surface area contributed by atoms with Crippen molar-refractivity contribution in [3.63, 3.8) is 0 Å². The van der Waals surface area contributed by atoms with Gasteiger partial charge in [0.15, 0.2) is 0 Å². The van der Waals surface area contributed by atoms with Crippen LogP contribution in [0.3, 0.4) is 0 Å². The molecule has 1 saturated heterocycles. The highest BCUT2D eigenvalue weighted by Gasteiger charge is 2.18. The van der Waals surface area contributed by atoms with Gasteiger partial charge in [-0.2, -0.15) is 4.98 Å². The molecule has 1 N–H and O–H groups in total. The van der Waals surface area contributed by atoms with Crippen LogP contribution in [0.25, 0.3) is 0 Å². The first-order chi connectivity index (χ1) is 7.33. The number of aromatic nitrogens is 1. The molecule has 1 unspecified atom stereocenters. The second-order valence-corrected chi connectivity index (χ2v) is 3.67. The zero-order chi connectivity index (χ0) is 10.7. The number of methoxy groups -OCH3 is 2. The number of rotatable bonds is 3. The predicted octanol–water partition coefficient (Wildman–Crippen LogP) is 1.18. The first-order valence-electron chi connectivity index (χ1n) is 5.14. The number of hydrogen-bond donors (Lipinski definition) is 1. The van der Waals surface area contributed by atoms with E-state index in [1.807, 2.05) is 12.1 Å². The van der Waals surface area contributed by atoms with Crippen LogP contribution in [-0.2, 0) is 0 Å². The van der Waals surface area contributed by atoms with E-state index in [9.17, 15) is 0 Å². The first-order valence-corrected chi connectivity index (χ1v) is 5.14. The Kier molecular flexibility index (Phi) is 3.06. The van der Waals surface area contributed by atoms with Crippen molar-refractivity contribution in [2.75, 3.05) is 27.3 Å². The van der Waals surface area contributed by atoms with Crippen molar-refractivity contribution in [3.8, 4) is 11.8 Å². The van der Waals surface area contributed by atoms with Gasteiger partial charge < -0.3 is 14.8 Å². The van der Waals surface area contributed by atoms with E-state index in [-0.39, 0.29) is 0 Å². The van der Waals surface area contributed by atoms with Gasteiger partial charge in [0.25, 0.3) is 0 Å². The Morgan fingerprint density at radius 2 is 1.93 bits per heavy atom. The second kappa shape index (κ2) is 4.49. The largest absolute Gasteiger partial charge is 0.481 e. The molecule has 0 spiro atoms. The number of nitrogens with zero attached hydrogens (tertiary/aromatic N) is 1. The van der Waals surface area contributed by atoms with E-state index in [0.29, 0.717) is 17.7 Å². The van der Waals surface area contributed by atoms with Crippen LogP contribution in [0.15, 0.2) is 12.1 Å². The molecule has 1 fully saturated rings. The quantitative estimate of drug-likeness (QED) is 0.810. The van der Waals surface area contributed by atoms with Crippen molar-refractivity contribution in [2.45, 2.75) is 12.3 Å². The van der Waals surface area contributed by atoms with Crippen LogP contribution in [0.4, 0.5) is 0 Å². The minimum absolute atomic E-state index is 0.552. The van der Waals surface area contributed by atoms with Crippen molar-refractivity contribution < 1.29 is 9.47 Å². The summed E-state index contributed by atoms with van der Waals surface area (Å²) in [6.07, 6.45) is 1.16. The Hall–Kier alpha value is -1.29. The number of ether oxygens (including phenoxy) is 2. The molecule has 1 aromatic heterocycles. The SMILES string of the molecule is COc1cc(C2CCNC2)cc(OC)n1. The van der Waals surface area contributed by atoms with Gasteiger partial charge in [0.1, 0.15) is 0 Å². The summed E-state index contributed by atoms with van der Waals surface area (Å²) in [6.45, 7) is 2.11. The third-order valence-electron chi connectivity index (χ3n) is 2.75. The van der Waals surface area contributed by atoms with E-state index in [4.69, 9.17) is 9.47 Å². The van der Waals surface area contributed by atoms with Gasteiger partial charge in [-0.3, -0.25) is 0 Å². The van der Waals surface area contributed by atoms with Crippen LogP contribution in [-0.4, -0.2) is 32.3 Å². The highest BCUT2D eigenvalue weighted by atomic mass is 16.5. The normalized spacial score (nSPS) is 20.3. The molecule has 2 rings (SSSR count). The van der Waals surface area contributed by atoms with Gasteiger partial charge >= 0.3 is 0 Å². The molecule has 1 aliphatic rings. The van der Waals surface area contributed by atoms with Crippen molar-refractivity contribution in [1.82, 2.24) is 10.3 Å². The van der Waals surface area contributed by atoms with Gasteiger partial charge in [0, 0.05) is 18.7 Å². The summed E-state index contributed by atoms with van der Waals surface area (Å²) >= 11 is 0. The molecule has 4 nitrogen and oxygen atoms in total. The highest BCUT2D eigenvalue weighted by Crippen LogP contribution is 2.27. The van der Waals surface area contributed by atoms with Crippen LogP contribution in [0.5, 0.6) is 11.8 Å². The molecule has 2 heterocycles. The second-order valence-electron chi connectivity index (χ2n) is 3.67. The average Bonchev–Trinajstić information content (AvgIpc) is 2.81. The molecule has 1 aromatic rings. The summed E-state index contributed by atoms with van der Waals surface area (Å²) in [4.78, 5) is 4.18. The summed E-state index contributed by atoms with van der Waals surface area (Å²) in [5.41, 5.74) is 1.24. The van der Waals surface area contributed by atoms with Gasteiger partial charge in [-0.15, -0.1) is 0 Å². The Balaban J connectivity index is 2.28. The smallest absolute Gasteiger partial charge is 0.216 e. The lowest BCUT2D eigenvalue weighted by Crippen LogP contribution is -2.08. The summed E-state index contributed by atoms with van der Waals surface area (Å²) in [5.74, 6) is 1.79. The van der Waals surface area contributed by atoms with Gasteiger partial charge in [-0.05, 0) is 24.4 Å². The lowest BCUT2D eigenvalue weighted by Gasteiger charge is -2.11. The molecule has 82 valence electrons. The van der Waals surface area contributed by atoms with Crippen LogP contribution in [0, 0.1) is 0 Å². The number of hydrogen-bond acceptors (Lipinski definition) is 4. The standard InChI is InChI=1S/C11H16N2O2/c1-14-10-5-9(6-11(13-10)15-2)8-3-4-12-7-8/h5-6,8,12H,3-4,7H2,1-2H3. The lowest BCUT2D eigenvalue weighted by molar-refractivity contribution is 0.363. The van der Waals surface area contributed by atoms with E-state index < -0.39 is 0 Å². The summed E-state index contributed by atoms with van der Waals surface area (Å²) in [5, 5.41) is 3.34. The van der Waals surface area contributed by atoms with Gasteiger partial charge in [-0.25, -0.2) is 0 Å². The average molecular weight is 208 g/mol. The third-order valence-corrected chi connectivity index (χ3v) is 2.75. The van der Waals surface area contributed by atoms with E-state index in [0.717, 1.165) is 19.5 Å². The van der Waals surface area contributed by atoms with Gasteiger partial charge in [0.05, 0.1) is 14.2 Å². The molecule has 15 heavy (non-hydrogen) atoms. The van der Waals surface area contributed by atoms with E-state index in [2.05, 4.69) is 10.3 Å². The molecule has 0 aromatic carbocycles. The molecule has 0 saturated carbocycles. The molecule has 0 bridgehead atoms. The Morgan fingerprint density at radius 3 is 2.40 bits per heavy atom. The Bertz CT molecular complexity index is 313. The Morgan fingerprint density at radius 1 is 1.27 bits per heavy atom. The van der Waals surface area contributed by atoms with Crippen molar-refractivity contribution in [2.24, 2.45) is 0 Å². The summed E-state index contributed by atoms with van der Waals surface area (Å²) < 4.78 is 10.3. The zero-order valence-electron chi connectivity index (χ0n) is 9.12. The van der Waals surface area contributed by atoms with Crippen LogP contribution < -0.4 is 14.8 Å². The minimum Gasteiger partial charge on any atom is -0.481 e. The molecule has 0 amide bonds. The first kappa shape index (κ1) is 10.2. The van der Waals surface area contributed by atoms with Crippen LogP contribution in [0.2, 0.25) is 0 Å². The summed E-state index contributed by atoms with van der Waals surface area (Å²) in [7, 11) is 3.25. The monoisotopic (exact) mass is 208 g/mol. The number of pyridine rings is 1. The lowest BCUT2D eigenvalue weighted by atomic mass is 9.99. The fourth-order valence-corrected chi connectivity index (χ4v) is 1.88. The van der Waals surface area contributed by atoms with Crippen molar-refractivity contribution >= 4 is 0 Å². The zero-order valence-corrected chi connectivity index (χ0v) is 9.12. The molecular formula is C11H16N2O2. The Labute approximate surface area is 89.6 Å². The third kappa shape index (κ3) is 2.21. The van der Waals surface area contributed by atoms with Gasteiger partial charge in [-0.1, -0.05) is 0 Å². The fraction of sp³-hybridized carbons (Fsp3) is 0.545. The summed E-state index contributed by atoms with van der Waals surface area (Å²) in [6, 6.07) is 3.97. The molecule has 0 radical (unpaired) electrons. The maximum absolute atomic E-state index is 5.15. The van der Waals surface area contributed by atoms with Crippen LogP contribution >= 0.6 is 0 Å². The highest BCUT2D eigenvalue weighted by molar-refractivity contribution is 5.31. The molecule has 0 aliphatic carbocycles. The van der Waals surface area contributed by atoms with E-state index >= 15 is 0 Å². The van der Waals surface area contributed by atoms with Crippen molar-refractivity contribution in [1.29, 1.82) is 0 Å². The molecule has 1 atom stereocenters. The van der Waals surface area contributed by atoms with E-state index in [1.165, 1.54) is 5.56 Å². The minimum atomic E-state index is 0.552. The van der Waals surface area contributed by atoms with E-state index in [1.54, 1.807) is 14.2 Å². The van der Waals surface area contributed by atoms with Crippen molar-refractivity contribution in [3.05, 3.63) is 17.7 Å².